The van der Waals surface area contributed by atoms with Gasteiger partial charge in [0.15, 0.2) is 9.84 Å². The molecule has 7 nitrogen and oxygen atoms in total. The third-order valence-electron chi connectivity index (χ3n) is 2.21. The van der Waals surface area contributed by atoms with Crippen molar-refractivity contribution in [3.8, 4) is 0 Å². The largest absolute Gasteiger partial charge is 0.475 e. The number of hydrogen-bond donors (Lipinski definition) is 1. The summed E-state index contributed by atoms with van der Waals surface area (Å²) in [5.41, 5.74) is 0. The van der Waals surface area contributed by atoms with Gasteiger partial charge in [0.25, 0.3) is 5.82 Å². The lowest BCUT2D eigenvalue weighted by molar-refractivity contribution is 0.0680. The minimum Gasteiger partial charge on any atom is -0.475 e. The van der Waals surface area contributed by atoms with Gasteiger partial charge in [0.05, 0.1) is 17.4 Å². The van der Waals surface area contributed by atoms with E-state index in [0.29, 0.717) is 6.42 Å². The van der Waals surface area contributed by atoms with E-state index < -0.39 is 21.6 Å². The zero-order valence-electron chi connectivity index (χ0n) is 7.58. The van der Waals surface area contributed by atoms with Crippen LogP contribution < -0.4 is 0 Å². The lowest BCUT2D eigenvalue weighted by atomic mass is 10.1. The molecule has 1 aliphatic rings. The van der Waals surface area contributed by atoms with Crippen LogP contribution >= 0.6 is 0 Å². The third kappa shape index (κ3) is 1.99. The van der Waals surface area contributed by atoms with Gasteiger partial charge < -0.3 is 9.63 Å². The Balaban J connectivity index is 2.21. The van der Waals surface area contributed by atoms with Crippen LogP contribution in [0.5, 0.6) is 0 Å². The van der Waals surface area contributed by atoms with E-state index in [1.165, 1.54) is 0 Å². The van der Waals surface area contributed by atoms with Gasteiger partial charge in [-0.2, -0.15) is 4.98 Å². The molecule has 1 aliphatic heterocycles. The number of nitrogens with zero attached hydrogens (tertiary/aromatic N) is 2. The summed E-state index contributed by atoms with van der Waals surface area (Å²) >= 11 is 0. The molecule has 2 heterocycles. The van der Waals surface area contributed by atoms with E-state index in [9.17, 15) is 13.2 Å². The number of rotatable bonds is 2. The number of aromatic carboxylic acids is 1. The standard InChI is InChI=1S/C7H8N2O5S/c10-7(11)5-8-6(14-9-5)4-1-2-15(12,13)3-4/h4H,1-3H2,(H,10,11). The first-order valence-electron chi connectivity index (χ1n) is 4.25. The Kier molecular flexibility index (Phi) is 2.22. The van der Waals surface area contributed by atoms with Crippen LogP contribution in [0.4, 0.5) is 0 Å². The summed E-state index contributed by atoms with van der Waals surface area (Å²) in [7, 11) is -3.03. The van der Waals surface area contributed by atoms with Crippen LogP contribution in [0.2, 0.25) is 0 Å². The number of carbonyl (C=O) groups is 1. The quantitative estimate of drug-likeness (QED) is 0.743. The third-order valence-corrected chi connectivity index (χ3v) is 3.98. The second kappa shape index (κ2) is 3.30. The molecule has 1 fully saturated rings. The Bertz CT molecular complexity index is 491. The first-order chi connectivity index (χ1) is 6.98. The monoisotopic (exact) mass is 232 g/mol. The van der Waals surface area contributed by atoms with Crippen LogP contribution in [0.25, 0.3) is 0 Å². The van der Waals surface area contributed by atoms with Gasteiger partial charge in [0, 0.05) is 0 Å². The summed E-state index contributed by atoms with van der Waals surface area (Å²) in [5.74, 6) is -1.96. The predicted molar refractivity (Wildman–Crippen MR) is 47.3 cm³/mol. The van der Waals surface area contributed by atoms with E-state index in [2.05, 4.69) is 10.1 Å². The van der Waals surface area contributed by atoms with E-state index in [1.807, 2.05) is 0 Å². The lowest BCUT2D eigenvalue weighted by Gasteiger charge is -1.97. The molecule has 1 unspecified atom stereocenters. The molecule has 2 rings (SSSR count). The highest BCUT2D eigenvalue weighted by Crippen LogP contribution is 2.27. The van der Waals surface area contributed by atoms with Crippen LogP contribution in [0.1, 0.15) is 28.8 Å². The van der Waals surface area contributed by atoms with Gasteiger partial charge in [0.2, 0.25) is 5.89 Å². The zero-order chi connectivity index (χ0) is 11.1. The molecule has 0 aliphatic carbocycles. The summed E-state index contributed by atoms with van der Waals surface area (Å²) < 4.78 is 27.0. The molecule has 1 N–H and O–H groups in total. The Morgan fingerprint density at radius 3 is 2.73 bits per heavy atom. The van der Waals surface area contributed by atoms with Crippen molar-refractivity contribution in [2.45, 2.75) is 12.3 Å². The molecule has 1 aromatic heterocycles. The van der Waals surface area contributed by atoms with Crippen LogP contribution in [0, 0.1) is 0 Å². The second-order valence-corrected chi connectivity index (χ2v) is 5.59. The van der Waals surface area contributed by atoms with Crippen molar-refractivity contribution in [3.63, 3.8) is 0 Å². The van der Waals surface area contributed by atoms with Crippen molar-refractivity contribution < 1.29 is 22.8 Å². The molecule has 0 amide bonds. The molecule has 8 heteroatoms. The van der Waals surface area contributed by atoms with Crippen molar-refractivity contribution in [3.05, 3.63) is 11.7 Å². The average molecular weight is 232 g/mol. The highest BCUT2D eigenvalue weighted by molar-refractivity contribution is 7.91. The number of carboxylic acids is 1. The van der Waals surface area contributed by atoms with E-state index >= 15 is 0 Å². The number of hydrogen-bond acceptors (Lipinski definition) is 6. The minimum atomic E-state index is -3.03. The average Bonchev–Trinajstić information content (AvgIpc) is 2.70. The van der Waals surface area contributed by atoms with E-state index in [1.54, 1.807) is 0 Å². The van der Waals surface area contributed by atoms with Gasteiger partial charge in [-0.05, 0) is 11.6 Å². The van der Waals surface area contributed by atoms with Gasteiger partial charge in [-0.3, -0.25) is 0 Å². The van der Waals surface area contributed by atoms with E-state index in [0.717, 1.165) is 0 Å². The maximum Gasteiger partial charge on any atom is 0.377 e. The summed E-state index contributed by atoms with van der Waals surface area (Å²) in [5, 5.41) is 11.8. The van der Waals surface area contributed by atoms with Crippen LogP contribution in [-0.4, -0.2) is 41.1 Å². The first-order valence-corrected chi connectivity index (χ1v) is 6.07. The summed E-state index contributed by atoms with van der Waals surface area (Å²) in [6.07, 6.45) is 0.406. The van der Waals surface area contributed by atoms with Crippen molar-refractivity contribution in [2.75, 3.05) is 11.5 Å². The smallest absolute Gasteiger partial charge is 0.377 e. The van der Waals surface area contributed by atoms with Crippen LogP contribution in [0.3, 0.4) is 0 Å². The molecule has 15 heavy (non-hydrogen) atoms. The lowest BCUT2D eigenvalue weighted by Crippen LogP contribution is -2.05. The first kappa shape index (κ1) is 10.1. The SMILES string of the molecule is O=C(O)c1noc(C2CCS(=O)(=O)C2)n1. The molecular formula is C7H8N2O5S. The molecule has 0 bridgehead atoms. The maximum atomic E-state index is 11.1. The zero-order valence-corrected chi connectivity index (χ0v) is 8.40. The molecule has 1 saturated heterocycles. The van der Waals surface area contributed by atoms with Crippen molar-refractivity contribution >= 4 is 15.8 Å². The number of sulfone groups is 1. The molecule has 0 spiro atoms. The molecule has 0 aromatic carbocycles. The minimum absolute atomic E-state index is 0.0474. The van der Waals surface area contributed by atoms with Crippen molar-refractivity contribution in [1.29, 1.82) is 0 Å². The molecule has 82 valence electrons. The molecular weight excluding hydrogens is 224 g/mol. The molecule has 0 radical (unpaired) electrons. The summed E-state index contributed by atoms with van der Waals surface area (Å²) in [6, 6.07) is 0. The Hall–Kier alpha value is -1.44. The van der Waals surface area contributed by atoms with Crippen molar-refractivity contribution in [1.82, 2.24) is 10.1 Å². The Morgan fingerprint density at radius 2 is 2.27 bits per heavy atom. The van der Waals surface area contributed by atoms with Gasteiger partial charge in [-0.1, -0.05) is 0 Å². The van der Waals surface area contributed by atoms with Gasteiger partial charge >= 0.3 is 5.97 Å². The topological polar surface area (TPSA) is 110 Å². The van der Waals surface area contributed by atoms with Gasteiger partial charge in [-0.15, -0.1) is 0 Å². The number of aromatic nitrogens is 2. The fourth-order valence-corrected chi connectivity index (χ4v) is 3.21. The van der Waals surface area contributed by atoms with E-state index in [4.69, 9.17) is 9.63 Å². The Morgan fingerprint density at radius 1 is 1.53 bits per heavy atom. The highest BCUT2D eigenvalue weighted by Gasteiger charge is 2.33. The molecule has 1 aromatic rings. The summed E-state index contributed by atoms with van der Waals surface area (Å²) in [4.78, 5) is 14.1. The maximum absolute atomic E-state index is 11.1. The van der Waals surface area contributed by atoms with Gasteiger partial charge in [-0.25, -0.2) is 13.2 Å². The van der Waals surface area contributed by atoms with Crippen molar-refractivity contribution in [2.24, 2.45) is 0 Å². The fraction of sp³-hybridized carbons (Fsp3) is 0.571. The summed E-state index contributed by atoms with van der Waals surface area (Å²) in [6.45, 7) is 0. The molecule has 0 saturated carbocycles. The predicted octanol–water partition coefficient (Wildman–Crippen LogP) is -0.330. The fourth-order valence-electron chi connectivity index (χ4n) is 1.48. The highest BCUT2D eigenvalue weighted by atomic mass is 32.2. The number of carboxylic acid groups (broad SMARTS) is 1. The normalized spacial score (nSPS) is 24.1. The molecule has 1 atom stereocenters. The van der Waals surface area contributed by atoms with Crippen LogP contribution in [0.15, 0.2) is 4.52 Å². The van der Waals surface area contributed by atoms with E-state index in [-0.39, 0.29) is 23.3 Å². The second-order valence-electron chi connectivity index (χ2n) is 3.36. The Labute approximate surface area is 85.0 Å². The van der Waals surface area contributed by atoms with Crippen LogP contribution in [-0.2, 0) is 9.84 Å². The van der Waals surface area contributed by atoms with Gasteiger partial charge in [0.1, 0.15) is 0 Å².